The summed E-state index contributed by atoms with van der Waals surface area (Å²) in [6, 6.07) is 24.2. The van der Waals surface area contributed by atoms with Crippen LogP contribution in [0.5, 0.6) is 5.75 Å². The Balaban J connectivity index is 1.31. The highest BCUT2D eigenvalue weighted by Crippen LogP contribution is 2.32. The van der Waals surface area contributed by atoms with Crippen LogP contribution in [0.2, 0.25) is 0 Å². The SMILES string of the molecule is Cc1ccccc1-c1cccc(CCCOc2ccc(S(=O)C3(C(N)=O)CCOCC3)cc2)c1. The molecule has 6 heteroatoms. The van der Waals surface area contributed by atoms with Gasteiger partial charge in [-0.2, -0.15) is 0 Å². The predicted molar refractivity (Wildman–Crippen MR) is 135 cm³/mol. The molecule has 0 radical (unpaired) electrons. The highest BCUT2D eigenvalue weighted by atomic mass is 32.2. The number of carbonyl (C=O) groups excluding carboxylic acids is 1. The van der Waals surface area contributed by atoms with Crippen LogP contribution in [-0.2, 0) is 26.8 Å². The largest absolute Gasteiger partial charge is 0.494 e. The van der Waals surface area contributed by atoms with E-state index in [1.54, 1.807) is 24.3 Å². The maximum Gasteiger partial charge on any atom is 0.236 e. The third-order valence-corrected chi connectivity index (χ3v) is 8.42. The summed E-state index contributed by atoms with van der Waals surface area (Å²) < 4.78 is 23.3. The van der Waals surface area contributed by atoms with E-state index in [-0.39, 0.29) is 0 Å². The lowest BCUT2D eigenvalue weighted by Gasteiger charge is -2.33. The lowest BCUT2D eigenvalue weighted by atomic mass is 9.98. The third kappa shape index (κ3) is 5.40. The van der Waals surface area contributed by atoms with E-state index in [0.717, 1.165) is 18.6 Å². The highest BCUT2D eigenvalue weighted by molar-refractivity contribution is 7.87. The van der Waals surface area contributed by atoms with Gasteiger partial charge in [0.15, 0.2) is 0 Å². The van der Waals surface area contributed by atoms with Crippen molar-refractivity contribution in [2.45, 2.75) is 42.2 Å². The summed E-state index contributed by atoms with van der Waals surface area (Å²) in [7, 11) is -1.53. The Morgan fingerprint density at radius 1 is 1.03 bits per heavy atom. The molecule has 2 N–H and O–H groups in total. The van der Waals surface area contributed by atoms with Gasteiger partial charge >= 0.3 is 0 Å². The Hall–Kier alpha value is -2.96. The fraction of sp³-hybridized carbons (Fsp3) is 0.321. The minimum Gasteiger partial charge on any atom is -0.494 e. The molecule has 1 heterocycles. The van der Waals surface area contributed by atoms with E-state index in [1.807, 2.05) is 0 Å². The van der Waals surface area contributed by atoms with Crippen LogP contribution in [0.15, 0.2) is 77.7 Å². The first-order chi connectivity index (χ1) is 16.5. The fourth-order valence-corrected chi connectivity index (χ4v) is 5.92. The third-order valence-electron chi connectivity index (χ3n) is 6.40. The van der Waals surface area contributed by atoms with Crippen molar-refractivity contribution in [3.63, 3.8) is 0 Å². The van der Waals surface area contributed by atoms with E-state index in [2.05, 4.69) is 55.5 Å². The summed E-state index contributed by atoms with van der Waals surface area (Å²) in [5.41, 5.74) is 10.7. The van der Waals surface area contributed by atoms with Crippen LogP contribution in [0.1, 0.15) is 30.4 Å². The molecule has 4 rings (SSSR count). The molecular formula is C28H31NO4S. The van der Waals surface area contributed by atoms with Gasteiger partial charge in [-0.1, -0.05) is 48.5 Å². The lowest BCUT2D eigenvalue weighted by molar-refractivity contribution is -0.122. The number of aryl methyl sites for hydroxylation is 2. The van der Waals surface area contributed by atoms with Crippen molar-refractivity contribution in [2.24, 2.45) is 5.73 Å². The van der Waals surface area contributed by atoms with Gasteiger partial charge in [-0.15, -0.1) is 0 Å². The molecule has 0 aromatic heterocycles. The fourth-order valence-electron chi connectivity index (χ4n) is 4.37. The summed E-state index contributed by atoms with van der Waals surface area (Å²) in [4.78, 5) is 12.7. The van der Waals surface area contributed by atoms with Gasteiger partial charge in [0, 0.05) is 18.1 Å². The standard InChI is InChI=1S/C28H31NO4S/c1-21-6-2-3-10-26(21)23-9-4-7-22(20-23)8-5-17-33-24-11-13-25(14-12-24)34(31)28(27(29)30)15-18-32-19-16-28/h2-4,6-7,9-14,20H,5,8,15-19H2,1H3,(H2,29,30). The second kappa shape index (κ2) is 11.0. The quantitative estimate of drug-likeness (QED) is 0.449. The smallest absolute Gasteiger partial charge is 0.236 e. The Morgan fingerprint density at radius 2 is 1.76 bits per heavy atom. The van der Waals surface area contributed by atoms with Gasteiger partial charge < -0.3 is 15.2 Å². The van der Waals surface area contributed by atoms with Gasteiger partial charge in [0.2, 0.25) is 5.91 Å². The number of carbonyl (C=O) groups is 1. The lowest BCUT2D eigenvalue weighted by Crippen LogP contribution is -2.51. The number of benzene rings is 3. The molecule has 178 valence electrons. The minimum atomic E-state index is -1.53. The first-order valence-corrected chi connectivity index (χ1v) is 12.8. The average Bonchev–Trinajstić information content (AvgIpc) is 2.87. The van der Waals surface area contributed by atoms with Crippen LogP contribution >= 0.6 is 0 Å². The van der Waals surface area contributed by atoms with Crippen molar-refractivity contribution in [1.82, 2.24) is 0 Å². The Labute approximate surface area is 203 Å². The Bertz CT molecular complexity index is 1150. The first-order valence-electron chi connectivity index (χ1n) is 11.7. The van der Waals surface area contributed by atoms with Crippen LogP contribution in [0.3, 0.4) is 0 Å². The summed E-state index contributed by atoms with van der Waals surface area (Å²) >= 11 is 0. The number of nitrogens with two attached hydrogens (primary N) is 1. The normalized spacial score (nSPS) is 16.0. The van der Waals surface area contributed by atoms with Crippen molar-refractivity contribution in [3.05, 3.63) is 83.9 Å². The molecule has 3 aromatic rings. The summed E-state index contributed by atoms with van der Waals surface area (Å²) in [5, 5.41) is 0. The Morgan fingerprint density at radius 3 is 2.47 bits per heavy atom. The number of rotatable bonds is 9. The van der Waals surface area contributed by atoms with Crippen molar-refractivity contribution in [2.75, 3.05) is 19.8 Å². The monoisotopic (exact) mass is 477 g/mol. The van der Waals surface area contributed by atoms with Crippen LogP contribution in [-0.4, -0.2) is 34.7 Å². The van der Waals surface area contributed by atoms with E-state index >= 15 is 0 Å². The van der Waals surface area contributed by atoms with E-state index in [9.17, 15) is 9.00 Å². The van der Waals surface area contributed by atoms with Gasteiger partial charge in [-0.3, -0.25) is 9.00 Å². The molecule has 0 bridgehead atoms. The number of primary amides is 1. The van der Waals surface area contributed by atoms with Crippen molar-refractivity contribution in [3.8, 4) is 16.9 Å². The maximum absolute atomic E-state index is 13.2. The molecule has 1 atom stereocenters. The number of ether oxygens (including phenoxy) is 2. The molecule has 1 aliphatic heterocycles. The zero-order valence-corrected chi connectivity index (χ0v) is 20.3. The van der Waals surface area contributed by atoms with E-state index < -0.39 is 21.5 Å². The van der Waals surface area contributed by atoms with Crippen molar-refractivity contribution >= 4 is 16.7 Å². The van der Waals surface area contributed by atoms with Gasteiger partial charge in [-0.25, -0.2) is 0 Å². The summed E-state index contributed by atoms with van der Waals surface area (Å²) in [6.45, 7) is 3.50. The Kier molecular flexibility index (Phi) is 7.80. The molecule has 0 spiro atoms. The zero-order valence-electron chi connectivity index (χ0n) is 19.5. The van der Waals surface area contributed by atoms with Crippen LogP contribution in [0.25, 0.3) is 11.1 Å². The van der Waals surface area contributed by atoms with Crippen molar-refractivity contribution in [1.29, 1.82) is 0 Å². The first kappa shape index (κ1) is 24.2. The topological polar surface area (TPSA) is 78.6 Å². The van der Waals surface area contributed by atoms with Gasteiger partial charge in [0.05, 0.1) is 17.4 Å². The van der Waals surface area contributed by atoms with Gasteiger partial charge in [-0.05, 0) is 79.1 Å². The molecule has 1 saturated heterocycles. The molecule has 1 fully saturated rings. The van der Waals surface area contributed by atoms with Gasteiger partial charge in [0.25, 0.3) is 0 Å². The number of hydrogen-bond donors (Lipinski definition) is 1. The van der Waals surface area contributed by atoms with E-state index in [4.69, 9.17) is 15.2 Å². The molecule has 1 amide bonds. The summed E-state index contributed by atoms with van der Waals surface area (Å²) in [6.07, 6.45) is 2.55. The van der Waals surface area contributed by atoms with Crippen LogP contribution in [0.4, 0.5) is 0 Å². The number of amides is 1. The predicted octanol–water partition coefficient (Wildman–Crippen LogP) is 4.82. The molecule has 1 aliphatic rings. The molecular weight excluding hydrogens is 446 g/mol. The zero-order chi connectivity index (χ0) is 24.0. The second-order valence-electron chi connectivity index (χ2n) is 8.68. The molecule has 0 saturated carbocycles. The molecule has 1 unspecified atom stereocenters. The van der Waals surface area contributed by atoms with Gasteiger partial charge in [0.1, 0.15) is 10.5 Å². The minimum absolute atomic E-state index is 0.373. The average molecular weight is 478 g/mol. The van der Waals surface area contributed by atoms with E-state index in [1.165, 1.54) is 22.3 Å². The molecule has 34 heavy (non-hydrogen) atoms. The van der Waals surface area contributed by atoms with Crippen molar-refractivity contribution < 1.29 is 18.5 Å². The molecule has 5 nitrogen and oxygen atoms in total. The van der Waals surface area contributed by atoms with Crippen LogP contribution in [0, 0.1) is 6.92 Å². The van der Waals surface area contributed by atoms with Crippen LogP contribution < -0.4 is 10.5 Å². The number of hydrogen-bond acceptors (Lipinski definition) is 4. The summed E-state index contributed by atoms with van der Waals surface area (Å²) in [5.74, 6) is 0.190. The maximum atomic E-state index is 13.2. The molecule has 3 aromatic carbocycles. The molecule has 0 aliphatic carbocycles. The van der Waals surface area contributed by atoms with E-state index in [0.29, 0.717) is 37.6 Å². The highest BCUT2D eigenvalue weighted by Gasteiger charge is 2.45. The second-order valence-corrected chi connectivity index (χ2v) is 10.5.